The number of carbonyl (C=O) groups is 1. The molecule has 0 aliphatic carbocycles. The monoisotopic (exact) mass is 324 g/mol. The summed E-state index contributed by atoms with van der Waals surface area (Å²) in [7, 11) is 0. The number of aromatic nitrogens is 5. The maximum Gasteiger partial charge on any atom is 0.279 e. The van der Waals surface area contributed by atoms with Gasteiger partial charge in [0.25, 0.3) is 5.91 Å². The molecule has 2 heterocycles. The molecule has 0 aliphatic rings. The van der Waals surface area contributed by atoms with Gasteiger partial charge in [-0.2, -0.15) is 5.10 Å². The Hall–Kier alpha value is -2.96. The number of amides is 1. The predicted molar refractivity (Wildman–Crippen MR) is 91.4 cm³/mol. The summed E-state index contributed by atoms with van der Waals surface area (Å²) in [6, 6.07) is 7.87. The molecule has 124 valence electrons. The average Bonchev–Trinajstić information content (AvgIpc) is 3.12. The van der Waals surface area contributed by atoms with Crippen LogP contribution in [0.1, 0.15) is 34.2 Å². The first-order valence-electron chi connectivity index (χ1n) is 7.83. The number of aryl methyl sites for hydroxylation is 3. The maximum absolute atomic E-state index is 12.4. The number of carbonyl (C=O) groups excluding carboxylic acids is 1. The highest BCUT2D eigenvalue weighted by Gasteiger charge is 2.18. The maximum atomic E-state index is 12.4. The molecule has 1 amide bonds. The highest BCUT2D eigenvalue weighted by Crippen LogP contribution is 2.17. The van der Waals surface area contributed by atoms with E-state index in [4.69, 9.17) is 0 Å². The quantitative estimate of drug-likeness (QED) is 0.800. The van der Waals surface area contributed by atoms with Crippen molar-refractivity contribution in [3.05, 3.63) is 53.0 Å². The molecule has 0 aliphatic heterocycles. The lowest BCUT2D eigenvalue weighted by Crippen LogP contribution is -2.15. The van der Waals surface area contributed by atoms with E-state index < -0.39 is 0 Å². The molecule has 0 bridgehead atoms. The molecule has 1 aromatic carbocycles. The highest BCUT2D eigenvalue weighted by atomic mass is 16.2. The van der Waals surface area contributed by atoms with Crippen LogP contribution in [0.3, 0.4) is 0 Å². The average molecular weight is 324 g/mol. The third-order valence-corrected chi connectivity index (χ3v) is 3.77. The van der Waals surface area contributed by atoms with Gasteiger partial charge in [0.15, 0.2) is 11.5 Å². The van der Waals surface area contributed by atoms with E-state index in [0.717, 1.165) is 23.4 Å². The standard InChI is InChI=1S/C17H20N6O/c1-5-22-7-6-15(20-22)18-17(24)16-13(4)23(21-19-16)14-9-11(2)8-12(3)10-14/h6-10H,5H2,1-4H3,(H,18,20,24). The van der Waals surface area contributed by atoms with Crippen molar-refractivity contribution in [3.63, 3.8) is 0 Å². The van der Waals surface area contributed by atoms with E-state index >= 15 is 0 Å². The predicted octanol–water partition coefficient (Wildman–Crippen LogP) is 2.66. The fraction of sp³-hybridized carbons (Fsp3) is 0.294. The van der Waals surface area contributed by atoms with Crippen molar-refractivity contribution in [3.8, 4) is 5.69 Å². The van der Waals surface area contributed by atoms with Gasteiger partial charge in [-0.1, -0.05) is 11.3 Å². The zero-order valence-electron chi connectivity index (χ0n) is 14.2. The topological polar surface area (TPSA) is 77.6 Å². The minimum absolute atomic E-state index is 0.292. The summed E-state index contributed by atoms with van der Waals surface area (Å²) in [5.41, 5.74) is 4.14. The Morgan fingerprint density at radius 3 is 2.50 bits per heavy atom. The second-order valence-corrected chi connectivity index (χ2v) is 5.79. The minimum Gasteiger partial charge on any atom is -0.304 e. The Kier molecular flexibility index (Phi) is 4.16. The van der Waals surface area contributed by atoms with Crippen LogP contribution in [0.2, 0.25) is 0 Å². The van der Waals surface area contributed by atoms with Crippen LogP contribution < -0.4 is 5.32 Å². The van der Waals surface area contributed by atoms with Crippen molar-refractivity contribution in [1.29, 1.82) is 0 Å². The molecule has 3 rings (SSSR count). The van der Waals surface area contributed by atoms with E-state index in [1.54, 1.807) is 15.4 Å². The third kappa shape index (κ3) is 3.05. The molecular formula is C17H20N6O. The normalized spacial score (nSPS) is 10.8. The fourth-order valence-corrected chi connectivity index (χ4v) is 2.64. The molecule has 1 N–H and O–H groups in total. The zero-order valence-corrected chi connectivity index (χ0v) is 14.2. The molecule has 7 heteroatoms. The summed E-state index contributed by atoms with van der Waals surface area (Å²) in [6.45, 7) is 8.62. The lowest BCUT2D eigenvalue weighted by atomic mass is 10.1. The van der Waals surface area contributed by atoms with E-state index in [1.807, 2.05) is 46.0 Å². The number of rotatable bonds is 4. The first-order chi connectivity index (χ1) is 11.5. The molecule has 24 heavy (non-hydrogen) atoms. The van der Waals surface area contributed by atoms with Crippen molar-refractivity contribution in [2.75, 3.05) is 5.32 Å². The van der Waals surface area contributed by atoms with Gasteiger partial charge >= 0.3 is 0 Å². The Balaban J connectivity index is 1.87. The molecule has 0 saturated carbocycles. The van der Waals surface area contributed by atoms with E-state index in [1.165, 1.54) is 0 Å². The Morgan fingerprint density at radius 2 is 1.88 bits per heavy atom. The Morgan fingerprint density at radius 1 is 1.17 bits per heavy atom. The zero-order chi connectivity index (χ0) is 17.3. The molecule has 0 atom stereocenters. The third-order valence-electron chi connectivity index (χ3n) is 3.77. The van der Waals surface area contributed by atoms with Gasteiger partial charge in [0.2, 0.25) is 0 Å². The van der Waals surface area contributed by atoms with E-state index in [2.05, 4.69) is 26.8 Å². The smallest absolute Gasteiger partial charge is 0.279 e. The van der Waals surface area contributed by atoms with Crippen LogP contribution in [0, 0.1) is 20.8 Å². The molecule has 3 aromatic rings. The van der Waals surface area contributed by atoms with Crippen molar-refractivity contribution < 1.29 is 4.79 Å². The summed E-state index contributed by atoms with van der Waals surface area (Å²) in [5.74, 6) is 0.187. The van der Waals surface area contributed by atoms with E-state index in [-0.39, 0.29) is 5.91 Å². The summed E-state index contributed by atoms with van der Waals surface area (Å²) in [4.78, 5) is 12.4. The Labute approximate surface area is 140 Å². The number of benzene rings is 1. The first kappa shape index (κ1) is 15.9. The molecule has 7 nitrogen and oxygen atoms in total. The Bertz CT molecular complexity index is 872. The SMILES string of the molecule is CCn1ccc(NC(=O)c2nnn(-c3cc(C)cc(C)c3)c2C)n1. The van der Waals surface area contributed by atoms with Gasteiger partial charge in [0, 0.05) is 18.8 Å². The minimum atomic E-state index is -0.315. The number of hydrogen-bond donors (Lipinski definition) is 1. The molecular weight excluding hydrogens is 304 g/mol. The molecule has 0 saturated heterocycles. The van der Waals surface area contributed by atoms with Crippen LogP contribution in [0.4, 0.5) is 5.82 Å². The highest BCUT2D eigenvalue weighted by molar-refractivity contribution is 6.03. The number of hydrogen-bond acceptors (Lipinski definition) is 4. The molecule has 0 fully saturated rings. The van der Waals surface area contributed by atoms with Crippen LogP contribution in [0.5, 0.6) is 0 Å². The second-order valence-electron chi connectivity index (χ2n) is 5.79. The van der Waals surface area contributed by atoms with Gasteiger partial charge in [-0.3, -0.25) is 9.48 Å². The summed E-state index contributed by atoms with van der Waals surface area (Å²) >= 11 is 0. The molecule has 2 aromatic heterocycles. The largest absolute Gasteiger partial charge is 0.304 e. The van der Waals surface area contributed by atoms with Crippen LogP contribution in [0.15, 0.2) is 30.5 Å². The van der Waals surface area contributed by atoms with Crippen LogP contribution in [0.25, 0.3) is 5.69 Å². The van der Waals surface area contributed by atoms with Crippen molar-refractivity contribution in [2.24, 2.45) is 0 Å². The van der Waals surface area contributed by atoms with Gasteiger partial charge in [0.05, 0.1) is 11.4 Å². The molecule has 0 radical (unpaired) electrons. The second kappa shape index (κ2) is 6.27. The van der Waals surface area contributed by atoms with Gasteiger partial charge in [-0.25, -0.2) is 4.68 Å². The van der Waals surface area contributed by atoms with E-state index in [0.29, 0.717) is 17.2 Å². The lowest BCUT2D eigenvalue weighted by molar-refractivity contribution is 0.102. The van der Waals surface area contributed by atoms with Gasteiger partial charge in [-0.15, -0.1) is 5.10 Å². The number of nitrogens with zero attached hydrogens (tertiary/aromatic N) is 5. The van der Waals surface area contributed by atoms with Crippen LogP contribution in [-0.4, -0.2) is 30.7 Å². The van der Waals surface area contributed by atoms with Crippen LogP contribution in [-0.2, 0) is 6.54 Å². The van der Waals surface area contributed by atoms with Crippen molar-refractivity contribution >= 4 is 11.7 Å². The summed E-state index contributed by atoms with van der Waals surface area (Å²) in [5, 5.41) is 15.2. The van der Waals surface area contributed by atoms with E-state index in [9.17, 15) is 4.79 Å². The van der Waals surface area contributed by atoms with Gasteiger partial charge < -0.3 is 5.32 Å². The van der Waals surface area contributed by atoms with Gasteiger partial charge in [0.1, 0.15) is 0 Å². The fourth-order valence-electron chi connectivity index (χ4n) is 2.64. The lowest BCUT2D eigenvalue weighted by Gasteiger charge is -2.06. The summed E-state index contributed by atoms with van der Waals surface area (Å²) in [6.07, 6.45) is 1.81. The van der Waals surface area contributed by atoms with Crippen molar-refractivity contribution in [1.82, 2.24) is 24.8 Å². The molecule has 0 unspecified atom stereocenters. The van der Waals surface area contributed by atoms with Crippen LogP contribution >= 0.6 is 0 Å². The molecule has 0 spiro atoms. The number of nitrogens with one attached hydrogen (secondary N) is 1. The number of anilines is 1. The van der Waals surface area contributed by atoms with Gasteiger partial charge in [-0.05, 0) is 51.0 Å². The van der Waals surface area contributed by atoms with Crippen molar-refractivity contribution in [2.45, 2.75) is 34.2 Å². The first-order valence-corrected chi connectivity index (χ1v) is 7.83. The summed E-state index contributed by atoms with van der Waals surface area (Å²) < 4.78 is 3.43.